The van der Waals surface area contributed by atoms with Gasteiger partial charge >= 0.3 is 0 Å². The van der Waals surface area contributed by atoms with Crippen LogP contribution < -0.4 is 5.46 Å². The van der Waals surface area contributed by atoms with Gasteiger partial charge in [-0.15, -0.1) is 0 Å². The van der Waals surface area contributed by atoms with E-state index in [9.17, 15) is 0 Å². The fraction of sp³-hybridized carbons (Fsp3) is 0.538. The zero-order valence-electron chi connectivity index (χ0n) is 10.1. The molecule has 16 heavy (non-hydrogen) atoms. The summed E-state index contributed by atoms with van der Waals surface area (Å²) < 4.78 is 11.1. The summed E-state index contributed by atoms with van der Waals surface area (Å²) in [7, 11) is 0. The van der Waals surface area contributed by atoms with E-state index < -0.39 is 0 Å². The van der Waals surface area contributed by atoms with Gasteiger partial charge in [0.2, 0.25) is 0 Å². The Hall–Kier alpha value is -0.795. The summed E-state index contributed by atoms with van der Waals surface area (Å²) >= 11 is 0. The van der Waals surface area contributed by atoms with Crippen molar-refractivity contribution in [1.82, 2.24) is 0 Å². The molecule has 86 valence electrons. The predicted molar refractivity (Wildman–Crippen MR) is 67.6 cm³/mol. The second kappa shape index (κ2) is 5.51. The summed E-state index contributed by atoms with van der Waals surface area (Å²) in [6.07, 6.45) is 1.83. The van der Waals surface area contributed by atoms with E-state index in [1.807, 2.05) is 0 Å². The van der Waals surface area contributed by atoms with Crippen LogP contribution in [0.4, 0.5) is 0 Å². The lowest BCUT2D eigenvalue weighted by Gasteiger charge is -2.23. The van der Waals surface area contributed by atoms with Gasteiger partial charge in [-0.05, 0) is 12.0 Å². The van der Waals surface area contributed by atoms with Gasteiger partial charge in [-0.2, -0.15) is 0 Å². The Bertz CT molecular complexity index is 315. The van der Waals surface area contributed by atoms with Crippen LogP contribution in [0.2, 0.25) is 13.6 Å². The van der Waals surface area contributed by atoms with Crippen molar-refractivity contribution in [2.24, 2.45) is 0 Å². The van der Waals surface area contributed by atoms with Crippen LogP contribution in [-0.2, 0) is 15.9 Å². The zero-order valence-corrected chi connectivity index (χ0v) is 10.1. The highest BCUT2D eigenvalue weighted by atomic mass is 16.7. The molecule has 2 rings (SSSR count). The normalized spacial score (nSPS) is 17.4. The lowest BCUT2D eigenvalue weighted by molar-refractivity contribution is -0.176. The molecule has 1 saturated heterocycles. The molecule has 0 atom stereocenters. The van der Waals surface area contributed by atoms with Crippen molar-refractivity contribution in [2.45, 2.75) is 32.8 Å². The van der Waals surface area contributed by atoms with Crippen molar-refractivity contribution < 1.29 is 9.47 Å². The van der Waals surface area contributed by atoms with E-state index in [4.69, 9.17) is 9.47 Å². The number of hydrogen-bond acceptors (Lipinski definition) is 2. The molecule has 0 unspecified atom stereocenters. The van der Waals surface area contributed by atoms with Crippen molar-refractivity contribution >= 4 is 12.2 Å². The summed E-state index contributed by atoms with van der Waals surface area (Å²) in [6.45, 7) is 6.67. The molecule has 3 heteroatoms. The monoisotopic (exact) mass is 218 g/mol. The first-order valence-corrected chi connectivity index (χ1v) is 6.08. The molecule has 0 bridgehead atoms. The van der Waals surface area contributed by atoms with E-state index in [-0.39, 0.29) is 6.29 Å². The first kappa shape index (κ1) is 11.7. The van der Waals surface area contributed by atoms with Crippen molar-refractivity contribution in [2.75, 3.05) is 13.2 Å². The summed E-state index contributed by atoms with van der Waals surface area (Å²) in [5.41, 5.74) is 2.67. The van der Waals surface area contributed by atoms with E-state index in [0.717, 1.165) is 26.1 Å². The van der Waals surface area contributed by atoms with E-state index in [1.54, 1.807) is 0 Å². The Kier molecular flexibility index (Phi) is 4.02. The fourth-order valence-corrected chi connectivity index (χ4v) is 1.89. The van der Waals surface area contributed by atoms with Crippen LogP contribution in [0.1, 0.15) is 12.0 Å². The van der Waals surface area contributed by atoms with E-state index in [2.05, 4.69) is 37.9 Å². The van der Waals surface area contributed by atoms with Crippen LogP contribution in [0.3, 0.4) is 0 Å². The van der Waals surface area contributed by atoms with Crippen molar-refractivity contribution in [1.29, 1.82) is 0 Å². The standard InChI is InChI=1S/C13H19BO2/c1-14(2)12-6-4-11(5-7-12)10-13-15-8-3-9-16-13/h4-7,13H,3,8-10H2,1-2H3. The van der Waals surface area contributed by atoms with E-state index >= 15 is 0 Å². The molecule has 1 aliphatic rings. The van der Waals surface area contributed by atoms with Gasteiger partial charge in [-0.1, -0.05) is 43.4 Å². The minimum atomic E-state index is -0.0429. The highest BCUT2D eigenvalue weighted by molar-refractivity contribution is 6.70. The molecule has 0 amide bonds. The van der Waals surface area contributed by atoms with Crippen molar-refractivity contribution in [3.63, 3.8) is 0 Å². The molecule has 0 aromatic heterocycles. The average Bonchev–Trinajstić information content (AvgIpc) is 2.31. The molecule has 1 fully saturated rings. The zero-order chi connectivity index (χ0) is 11.4. The van der Waals surface area contributed by atoms with Crippen molar-refractivity contribution in [3.05, 3.63) is 29.8 Å². The van der Waals surface area contributed by atoms with Gasteiger partial charge in [0.25, 0.3) is 0 Å². The molecule has 0 spiro atoms. The number of rotatable bonds is 3. The second-order valence-corrected chi connectivity index (χ2v) is 4.63. The van der Waals surface area contributed by atoms with E-state index in [0.29, 0.717) is 6.71 Å². The maximum Gasteiger partial charge on any atom is 0.169 e. The van der Waals surface area contributed by atoms with Gasteiger partial charge < -0.3 is 9.47 Å². The molecule has 0 radical (unpaired) electrons. The van der Waals surface area contributed by atoms with Crippen LogP contribution >= 0.6 is 0 Å². The van der Waals surface area contributed by atoms with Crippen LogP contribution in [0.15, 0.2) is 24.3 Å². The first-order chi connectivity index (χ1) is 7.75. The van der Waals surface area contributed by atoms with Crippen LogP contribution in [0.25, 0.3) is 0 Å². The highest BCUT2D eigenvalue weighted by Crippen LogP contribution is 2.11. The summed E-state index contributed by atoms with van der Waals surface area (Å²) in [5.74, 6) is 0. The lowest BCUT2D eigenvalue weighted by Crippen LogP contribution is -2.27. The fourth-order valence-electron chi connectivity index (χ4n) is 1.89. The molecular weight excluding hydrogens is 199 g/mol. The molecule has 1 aromatic rings. The first-order valence-electron chi connectivity index (χ1n) is 6.08. The van der Waals surface area contributed by atoms with Gasteiger partial charge in [0.1, 0.15) is 0 Å². The molecule has 1 aromatic carbocycles. The summed E-state index contributed by atoms with van der Waals surface area (Å²) in [4.78, 5) is 0. The Morgan fingerprint density at radius 2 is 1.75 bits per heavy atom. The van der Waals surface area contributed by atoms with Crippen LogP contribution in [0, 0.1) is 0 Å². The van der Waals surface area contributed by atoms with Gasteiger partial charge in [-0.3, -0.25) is 0 Å². The molecule has 2 nitrogen and oxygen atoms in total. The average molecular weight is 218 g/mol. The lowest BCUT2D eigenvalue weighted by atomic mass is 9.49. The maximum atomic E-state index is 5.54. The smallest absolute Gasteiger partial charge is 0.169 e. The predicted octanol–water partition coefficient (Wildman–Crippen LogP) is 1.95. The number of benzene rings is 1. The highest BCUT2D eigenvalue weighted by Gasteiger charge is 2.14. The minimum Gasteiger partial charge on any atom is -0.352 e. The number of ether oxygens (including phenoxy) is 2. The quantitative estimate of drug-likeness (QED) is 0.722. The Balaban J connectivity index is 1.93. The van der Waals surface area contributed by atoms with Gasteiger partial charge in [0.05, 0.1) is 13.2 Å². The topological polar surface area (TPSA) is 18.5 Å². The Labute approximate surface area is 98.0 Å². The third-order valence-corrected chi connectivity index (χ3v) is 2.94. The summed E-state index contributed by atoms with van der Waals surface area (Å²) in [5, 5.41) is 0. The third-order valence-electron chi connectivity index (χ3n) is 2.94. The Morgan fingerprint density at radius 1 is 1.12 bits per heavy atom. The van der Waals surface area contributed by atoms with Gasteiger partial charge in [-0.25, -0.2) is 0 Å². The van der Waals surface area contributed by atoms with Gasteiger partial charge in [0, 0.05) is 6.42 Å². The molecular formula is C13H19BO2. The van der Waals surface area contributed by atoms with Crippen molar-refractivity contribution in [3.8, 4) is 0 Å². The third kappa shape index (κ3) is 3.10. The Morgan fingerprint density at radius 3 is 2.31 bits per heavy atom. The molecule has 1 aliphatic heterocycles. The molecule has 0 saturated carbocycles. The largest absolute Gasteiger partial charge is 0.352 e. The minimum absolute atomic E-state index is 0.0429. The molecule has 1 heterocycles. The van der Waals surface area contributed by atoms with E-state index in [1.165, 1.54) is 11.0 Å². The second-order valence-electron chi connectivity index (χ2n) is 4.63. The SMILES string of the molecule is CB(C)c1ccc(CC2OCCCO2)cc1. The van der Waals surface area contributed by atoms with Crippen LogP contribution in [-0.4, -0.2) is 26.2 Å². The molecule has 0 aliphatic carbocycles. The summed E-state index contributed by atoms with van der Waals surface area (Å²) in [6, 6.07) is 8.75. The number of hydrogen-bond donors (Lipinski definition) is 0. The van der Waals surface area contributed by atoms with Crippen LogP contribution in [0.5, 0.6) is 0 Å². The maximum absolute atomic E-state index is 5.54. The van der Waals surface area contributed by atoms with Gasteiger partial charge in [0.15, 0.2) is 13.0 Å². The molecule has 0 N–H and O–H groups in total.